The third kappa shape index (κ3) is 2.95. The summed E-state index contributed by atoms with van der Waals surface area (Å²) in [5.74, 6) is -0.655. The quantitative estimate of drug-likeness (QED) is 0.855. The van der Waals surface area contributed by atoms with Gasteiger partial charge in [0.2, 0.25) is 0 Å². The van der Waals surface area contributed by atoms with Gasteiger partial charge in [0.15, 0.2) is 0 Å². The zero-order valence-corrected chi connectivity index (χ0v) is 11.5. The number of nitrogens with zero attached hydrogens (tertiary/aromatic N) is 2. The smallest absolute Gasteiger partial charge is 0.324 e. The number of carboxylic acids is 1. The van der Waals surface area contributed by atoms with Crippen molar-refractivity contribution in [2.45, 2.75) is 44.6 Å². The number of aliphatic carboxylic acids is 1. The van der Waals surface area contributed by atoms with Crippen molar-refractivity contribution in [3.05, 3.63) is 30.1 Å². The number of rotatable bonds is 6. The first-order valence-corrected chi connectivity index (χ1v) is 7.06. The van der Waals surface area contributed by atoms with Crippen LogP contribution in [0.2, 0.25) is 0 Å². The molecule has 2 rings (SSSR count). The highest BCUT2D eigenvalue weighted by molar-refractivity contribution is 5.79. The van der Waals surface area contributed by atoms with Gasteiger partial charge in [-0.15, -0.1) is 0 Å². The summed E-state index contributed by atoms with van der Waals surface area (Å²) in [6, 6.07) is 3.97. The predicted octanol–water partition coefficient (Wildman–Crippen LogP) is 2.34. The van der Waals surface area contributed by atoms with Gasteiger partial charge in [0.25, 0.3) is 0 Å². The van der Waals surface area contributed by atoms with Crippen molar-refractivity contribution in [1.82, 2.24) is 9.88 Å². The van der Waals surface area contributed by atoms with E-state index in [9.17, 15) is 9.90 Å². The lowest BCUT2D eigenvalue weighted by Gasteiger charge is -2.34. The van der Waals surface area contributed by atoms with Gasteiger partial charge in [-0.2, -0.15) is 0 Å². The van der Waals surface area contributed by atoms with E-state index in [1.165, 1.54) is 5.56 Å². The Kier molecular flexibility index (Phi) is 4.53. The monoisotopic (exact) mass is 262 g/mol. The highest BCUT2D eigenvalue weighted by Gasteiger charge is 2.46. The van der Waals surface area contributed by atoms with Crippen LogP contribution in [-0.2, 0) is 11.2 Å². The van der Waals surface area contributed by atoms with E-state index in [4.69, 9.17) is 0 Å². The normalized spacial score (nSPS) is 23.6. The third-order valence-corrected chi connectivity index (χ3v) is 4.08. The van der Waals surface area contributed by atoms with E-state index in [0.29, 0.717) is 0 Å². The molecule has 104 valence electrons. The maximum atomic E-state index is 11.7. The number of aromatic nitrogens is 1. The molecule has 1 N–H and O–H groups in total. The van der Waals surface area contributed by atoms with E-state index in [1.807, 2.05) is 18.3 Å². The average molecular weight is 262 g/mol. The van der Waals surface area contributed by atoms with Gasteiger partial charge in [0.1, 0.15) is 5.54 Å². The summed E-state index contributed by atoms with van der Waals surface area (Å²) in [4.78, 5) is 17.9. The Bertz CT molecular complexity index is 421. The number of carboxylic acid groups (broad SMARTS) is 1. The van der Waals surface area contributed by atoms with Crippen LogP contribution in [0.4, 0.5) is 0 Å². The Morgan fingerprint density at radius 2 is 2.42 bits per heavy atom. The second kappa shape index (κ2) is 6.15. The fraction of sp³-hybridized carbons (Fsp3) is 0.600. The summed E-state index contributed by atoms with van der Waals surface area (Å²) in [7, 11) is 0. The van der Waals surface area contributed by atoms with Gasteiger partial charge in [-0.3, -0.25) is 14.7 Å². The van der Waals surface area contributed by atoms with E-state index in [-0.39, 0.29) is 0 Å². The summed E-state index contributed by atoms with van der Waals surface area (Å²) >= 11 is 0. The van der Waals surface area contributed by atoms with Crippen LogP contribution in [0, 0.1) is 0 Å². The summed E-state index contributed by atoms with van der Waals surface area (Å²) < 4.78 is 0. The molecule has 4 heteroatoms. The summed E-state index contributed by atoms with van der Waals surface area (Å²) in [5.41, 5.74) is 0.543. The third-order valence-electron chi connectivity index (χ3n) is 4.08. The molecule has 1 aliphatic rings. The van der Waals surface area contributed by atoms with Crippen LogP contribution in [0.3, 0.4) is 0 Å². The molecule has 0 spiro atoms. The van der Waals surface area contributed by atoms with Gasteiger partial charge in [-0.25, -0.2) is 0 Å². The molecule has 1 atom stereocenters. The molecule has 0 aliphatic carbocycles. The average Bonchev–Trinajstić information content (AvgIpc) is 2.82. The molecule has 2 heterocycles. The first-order chi connectivity index (χ1) is 9.19. The Morgan fingerprint density at radius 3 is 3.05 bits per heavy atom. The predicted molar refractivity (Wildman–Crippen MR) is 74.0 cm³/mol. The van der Waals surface area contributed by atoms with E-state index in [1.54, 1.807) is 6.20 Å². The number of carbonyl (C=O) groups is 1. The van der Waals surface area contributed by atoms with Gasteiger partial charge in [0, 0.05) is 18.9 Å². The second-order valence-corrected chi connectivity index (χ2v) is 5.29. The van der Waals surface area contributed by atoms with Crippen LogP contribution < -0.4 is 0 Å². The second-order valence-electron chi connectivity index (χ2n) is 5.29. The fourth-order valence-corrected chi connectivity index (χ4v) is 3.12. The molecule has 0 bridgehead atoms. The summed E-state index contributed by atoms with van der Waals surface area (Å²) in [6.07, 6.45) is 7.91. The van der Waals surface area contributed by atoms with Crippen molar-refractivity contribution in [3.63, 3.8) is 0 Å². The van der Waals surface area contributed by atoms with Gasteiger partial charge >= 0.3 is 5.97 Å². The number of hydrogen-bond acceptors (Lipinski definition) is 3. The van der Waals surface area contributed by atoms with E-state index < -0.39 is 11.5 Å². The van der Waals surface area contributed by atoms with Crippen LogP contribution >= 0.6 is 0 Å². The number of pyridine rings is 1. The minimum absolute atomic E-state index is 0.628. The highest BCUT2D eigenvalue weighted by Crippen LogP contribution is 2.34. The van der Waals surface area contributed by atoms with E-state index >= 15 is 0 Å². The molecule has 1 aromatic rings. The van der Waals surface area contributed by atoms with Crippen molar-refractivity contribution < 1.29 is 9.90 Å². The zero-order chi connectivity index (χ0) is 13.7. The van der Waals surface area contributed by atoms with Crippen LogP contribution in [0.25, 0.3) is 0 Å². The molecule has 1 aromatic heterocycles. The first kappa shape index (κ1) is 14.0. The molecule has 1 fully saturated rings. The standard InChI is InChI=1S/C15H22N2O2/c1-2-7-15(14(18)19)8-4-10-17(15)11-6-13-5-3-9-16-12-13/h3,5,9,12H,2,4,6-8,10-11H2,1H3,(H,18,19). The minimum atomic E-state index is -0.655. The fourth-order valence-electron chi connectivity index (χ4n) is 3.12. The van der Waals surface area contributed by atoms with Gasteiger partial charge in [-0.05, 0) is 43.9 Å². The topological polar surface area (TPSA) is 53.4 Å². The molecule has 0 amide bonds. The van der Waals surface area contributed by atoms with Crippen molar-refractivity contribution in [2.24, 2.45) is 0 Å². The van der Waals surface area contributed by atoms with E-state index in [0.717, 1.165) is 45.2 Å². The van der Waals surface area contributed by atoms with Crippen LogP contribution in [0.5, 0.6) is 0 Å². The van der Waals surface area contributed by atoms with Gasteiger partial charge < -0.3 is 5.11 Å². The molecule has 0 aromatic carbocycles. The molecule has 1 aliphatic heterocycles. The molecular formula is C15H22N2O2. The molecule has 1 unspecified atom stereocenters. The lowest BCUT2D eigenvalue weighted by Crippen LogP contribution is -2.51. The van der Waals surface area contributed by atoms with Crippen molar-refractivity contribution in [3.8, 4) is 0 Å². The van der Waals surface area contributed by atoms with E-state index in [2.05, 4.69) is 16.8 Å². The van der Waals surface area contributed by atoms with Gasteiger partial charge in [-0.1, -0.05) is 19.4 Å². The Hall–Kier alpha value is -1.42. The SMILES string of the molecule is CCCC1(C(=O)O)CCCN1CCc1cccnc1. The van der Waals surface area contributed by atoms with Crippen LogP contribution in [0.1, 0.15) is 38.2 Å². The Morgan fingerprint density at radius 1 is 1.58 bits per heavy atom. The van der Waals surface area contributed by atoms with Crippen molar-refractivity contribution in [1.29, 1.82) is 0 Å². The first-order valence-electron chi connectivity index (χ1n) is 7.06. The maximum Gasteiger partial charge on any atom is 0.324 e. The molecule has 1 saturated heterocycles. The molecular weight excluding hydrogens is 240 g/mol. The Balaban J connectivity index is 2.03. The molecule has 0 saturated carbocycles. The maximum absolute atomic E-state index is 11.7. The number of likely N-dealkylation sites (tertiary alicyclic amines) is 1. The zero-order valence-electron chi connectivity index (χ0n) is 11.5. The molecule has 19 heavy (non-hydrogen) atoms. The van der Waals surface area contributed by atoms with Crippen LogP contribution in [0.15, 0.2) is 24.5 Å². The Labute approximate surface area is 114 Å². The lowest BCUT2D eigenvalue weighted by molar-refractivity contribution is -0.150. The van der Waals surface area contributed by atoms with Crippen molar-refractivity contribution >= 4 is 5.97 Å². The van der Waals surface area contributed by atoms with Crippen molar-refractivity contribution in [2.75, 3.05) is 13.1 Å². The lowest BCUT2D eigenvalue weighted by atomic mass is 9.90. The number of hydrogen-bond donors (Lipinski definition) is 1. The molecule has 4 nitrogen and oxygen atoms in total. The van der Waals surface area contributed by atoms with Crippen LogP contribution in [-0.4, -0.2) is 39.6 Å². The highest BCUT2D eigenvalue weighted by atomic mass is 16.4. The summed E-state index contributed by atoms with van der Waals surface area (Å²) in [5, 5.41) is 9.61. The minimum Gasteiger partial charge on any atom is -0.480 e. The summed E-state index contributed by atoms with van der Waals surface area (Å²) in [6.45, 7) is 3.76. The largest absolute Gasteiger partial charge is 0.480 e. The van der Waals surface area contributed by atoms with Gasteiger partial charge in [0.05, 0.1) is 0 Å². The molecule has 0 radical (unpaired) electrons.